The Labute approximate surface area is 92.8 Å². The molecule has 0 saturated heterocycles. The number of hydrogen-bond donors (Lipinski definition) is 1. The van der Waals surface area contributed by atoms with E-state index in [-0.39, 0.29) is 0 Å². The Morgan fingerprint density at radius 2 is 2.21 bits per heavy atom. The van der Waals surface area contributed by atoms with Gasteiger partial charge in [0.05, 0.1) is 12.8 Å². The zero-order valence-electron chi connectivity index (χ0n) is 8.22. The Hall–Kier alpha value is -0.700. The number of methoxy groups -OCH3 is 1. The summed E-state index contributed by atoms with van der Waals surface area (Å²) >= 11 is 3.46. The maximum absolute atomic E-state index is 5.29. The summed E-state index contributed by atoms with van der Waals surface area (Å²) in [6, 6.07) is 6.67. The Bertz CT molecular complexity index is 323. The van der Waals surface area contributed by atoms with Crippen LogP contribution in [0.25, 0.3) is 0 Å². The van der Waals surface area contributed by atoms with E-state index in [9.17, 15) is 0 Å². The molecule has 1 saturated carbocycles. The van der Waals surface area contributed by atoms with Gasteiger partial charge in [-0.15, -0.1) is 0 Å². The summed E-state index contributed by atoms with van der Waals surface area (Å²) in [6.07, 6.45) is 3.89. The van der Waals surface area contributed by atoms with Crippen molar-refractivity contribution in [1.29, 1.82) is 0 Å². The van der Waals surface area contributed by atoms with E-state index in [0.717, 1.165) is 15.9 Å². The molecule has 0 radical (unpaired) electrons. The minimum atomic E-state index is 0.637. The highest BCUT2D eigenvalue weighted by Crippen LogP contribution is 2.31. The molecule has 1 aliphatic carbocycles. The van der Waals surface area contributed by atoms with Crippen molar-refractivity contribution in [3.63, 3.8) is 0 Å². The summed E-state index contributed by atoms with van der Waals surface area (Å²) in [6.45, 7) is 0. The summed E-state index contributed by atoms with van der Waals surface area (Å²) in [5, 5.41) is 3.48. The molecule has 1 aromatic carbocycles. The third kappa shape index (κ3) is 2.03. The van der Waals surface area contributed by atoms with Crippen molar-refractivity contribution in [2.75, 3.05) is 12.4 Å². The molecule has 0 amide bonds. The lowest BCUT2D eigenvalue weighted by Crippen LogP contribution is -2.27. The van der Waals surface area contributed by atoms with Crippen molar-refractivity contribution in [1.82, 2.24) is 0 Å². The molecule has 1 fully saturated rings. The van der Waals surface area contributed by atoms with Crippen molar-refractivity contribution in [3.8, 4) is 5.75 Å². The molecule has 2 nitrogen and oxygen atoms in total. The molecule has 14 heavy (non-hydrogen) atoms. The smallest absolute Gasteiger partial charge is 0.142 e. The van der Waals surface area contributed by atoms with Gasteiger partial charge in [-0.05, 0) is 37.5 Å². The molecule has 0 bridgehead atoms. The van der Waals surface area contributed by atoms with E-state index >= 15 is 0 Å². The van der Waals surface area contributed by atoms with Gasteiger partial charge in [0.2, 0.25) is 0 Å². The number of rotatable bonds is 3. The molecule has 0 aromatic heterocycles. The lowest BCUT2D eigenvalue weighted by molar-refractivity contribution is 0.410. The summed E-state index contributed by atoms with van der Waals surface area (Å²) in [7, 11) is 1.70. The van der Waals surface area contributed by atoms with Crippen LogP contribution in [0.3, 0.4) is 0 Å². The van der Waals surface area contributed by atoms with Crippen molar-refractivity contribution in [2.24, 2.45) is 0 Å². The molecule has 3 heteroatoms. The van der Waals surface area contributed by atoms with Crippen LogP contribution in [-0.4, -0.2) is 13.2 Å². The van der Waals surface area contributed by atoms with Gasteiger partial charge in [0, 0.05) is 10.5 Å². The minimum absolute atomic E-state index is 0.637. The van der Waals surface area contributed by atoms with Crippen LogP contribution >= 0.6 is 15.9 Å². The van der Waals surface area contributed by atoms with Gasteiger partial charge >= 0.3 is 0 Å². The van der Waals surface area contributed by atoms with Crippen molar-refractivity contribution < 1.29 is 4.74 Å². The van der Waals surface area contributed by atoms with Gasteiger partial charge in [-0.3, -0.25) is 0 Å². The Balaban J connectivity index is 2.15. The molecule has 1 N–H and O–H groups in total. The predicted molar refractivity (Wildman–Crippen MR) is 62.0 cm³/mol. The van der Waals surface area contributed by atoms with Crippen LogP contribution in [0.5, 0.6) is 5.75 Å². The van der Waals surface area contributed by atoms with Crippen LogP contribution in [0.4, 0.5) is 5.69 Å². The first-order chi connectivity index (χ1) is 6.79. The third-order valence-corrected chi connectivity index (χ3v) is 3.12. The fourth-order valence-corrected chi connectivity index (χ4v) is 1.93. The third-order valence-electron chi connectivity index (χ3n) is 2.63. The molecule has 0 heterocycles. The van der Waals surface area contributed by atoms with Gasteiger partial charge < -0.3 is 10.1 Å². The van der Waals surface area contributed by atoms with Crippen molar-refractivity contribution in [2.45, 2.75) is 25.3 Å². The highest BCUT2D eigenvalue weighted by atomic mass is 79.9. The fraction of sp³-hybridized carbons (Fsp3) is 0.455. The predicted octanol–water partition coefficient (Wildman–Crippen LogP) is 3.42. The fourth-order valence-electron chi connectivity index (χ4n) is 1.57. The van der Waals surface area contributed by atoms with E-state index in [4.69, 9.17) is 4.74 Å². The van der Waals surface area contributed by atoms with Crippen LogP contribution in [0.15, 0.2) is 22.7 Å². The van der Waals surface area contributed by atoms with E-state index < -0.39 is 0 Å². The topological polar surface area (TPSA) is 21.3 Å². The monoisotopic (exact) mass is 255 g/mol. The van der Waals surface area contributed by atoms with Crippen LogP contribution in [0, 0.1) is 0 Å². The second-order valence-corrected chi connectivity index (χ2v) is 4.53. The molecule has 1 aliphatic rings. The zero-order valence-corrected chi connectivity index (χ0v) is 9.80. The maximum atomic E-state index is 5.29. The molecule has 0 atom stereocenters. The van der Waals surface area contributed by atoms with Gasteiger partial charge in [-0.1, -0.05) is 15.9 Å². The number of ether oxygens (including phenoxy) is 1. The highest BCUT2D eigenvalue weighted by molar-refractivity contribution is 9.10. The second kappa shape index (κ2) is 4.22. The molecule has 0 unspecified atom stereocenters. The number of hydrogen-bond acceptors (Lipinski definition) is 2. The summed E-state index contributed by atoms with van der Waals surface area (Å²) in [4.78, 5) is 0. The summed E-state index contributed by atoms with van der Waals surface area (Å²) in [5.74, 6) is 0.917. The molecule has 0 spiro atoms. The van der Waals surface area contributed by atoms with Gasteiger partial charge in [0.25, 0.3) is 0 Å². The van der Waals surface area contributed by atoms with Crippen molar-refractivity contribution in [3.05, 3.63) is 22.7 Å². The summed E-state index contributed by atoms with van der Waals surface area (Å²) in [5.41, 5.74) is 1.09. The van der Waals surface area contributed by atoms with Gasteiger partial charge in [-0.2, -0.15) is 0 Å². The highest BCUT2D eigenvalue weighted by Gasteiger charge is 2.18. The Kier molecular flexibility index (Phi) is 2.96. The van der Waals surface area contributed by atoms with E-state index in [2.05, 4.69) is 27.3 Å². The zero-order chi connectivity index (χ0) is 9.97. The number of anilines is 1. The molecular weight excluding hydrogens is 242 g/mol. The van der Waals surface area contributed by atoms with Crippen LogP contribution in [0.1, 0.15) is 19.3 Å². The molecular formula is C11H14BrNO. The molecule has 2 rings (SSSR count). The quantitative estimate of drug-likeness (QED) is 0.894. The van der Waals surface area contributed by atoms with Crippen LogP contribution in [0.2, 0.25) is 0 Å². The maximum Gasteiger partial charge on any atom is 0.142 e. The SMILES string of the molecule is COc1ccc(Br)cc1NC1CCC1. The molecule has 1 aromatic rings. The van der Waals surface area contributed by atoms with E-state index in [1.807, 2.05) is 12.1 Å². The first-order valence-corrected chi connectivity index (χ1v) is 5.69. The van der Waals surface area contributed by atoms with Gasteiger partial charge in [0.1, 0.15) is 5.75 Å². The van der Waals surface area contributed by atoms with Crippen molar-refractivity contribution >= 4 is 21.6 Å². The number of benzene rings is 1. The first-order valence-electron chi connectivity index (χ1n) is 4.89. The lowest BCUT2D eigenvalue weighted by Gasteiger charge is -2.28. The lowest BCUT2D eigenvalue weighted by atomic mass is 9.93. The normalized spacial score (nSPS) is 16.1. The van der Waals surface area contributed by atoms with Crippen LogP contribution in [-0.2, 0) is 0 Å². The standard InChI is InChI=1S/C11H14BrNO/c1-14-11-6-5-8(12)7-10(11)13-9-3-2-4-9/h5-7,9,13H,2-4H2,1H3. The first kappa shape index (κ1) is 9.84. The second-order valence-electron chi connectivity index (χ2n) is 3.62. The molecule has 76 valence electrons. The minimum Gasteiger partial charge on any atom is -0.495 e. The average Bonchev–Trinajstić information content (AvgIpc) is 2.12. The van der Waals surface area contributed by atoms with Gasteiger partial charge in [-0.25, -0.2) is 0 Å². The van der Waals surface area contributed by atoms with Gasteiger partial charge in [0.15, 0.2) is 0 Å². The average molecular weight is 256 g/mol. The Morgan fingerprint density at radius 3 is 2.79 bits per heavy atom. The van der Waals surface area contributed by atoms with E-state index in [0.29, 0.717) is 6.04 Å². The van der Waals surface area contributed by atoms with E-state index in [1.54, 1.807) is 7.11 Å². The largest absolute Gasteiger partial charge is 0.495 e. The number of nitrogens with one attached hydrogen (secondary N) is 1. The van der Waals surface area contributed by atoms with E-state index in [1.165, 1.54) is 19.3 Å². The number of halogens is 1. The van der Waals surface area contributed by atoms with Crippen LogP contribution < -0.4 is 10.1 Å². The summed E-state index contributed by atoms with van der Waals surface area (Å²) < 4.78 is 6.37. The Morgan fingerprint density at radius 1 is 1.43 bits per heavy atom. The molecule has 0 aliphatic heterocycles.